The summed E-state index contributed by atoms with van der Waals surface area (Å²) in [5.41, 5.74) is 1.09. The highest BCUT2D eigenvalue weighted by molar-refractivity contribution is 7.87. The summed E-state index contributed by atoms with van der Waals surface area (Å²) in [6.07, 6.45) is 3.14. The Kier molecular flexibility index (Phi) is 6.01. The number of aromatic nitrogens is 3. The quantitative estimate of drug-likeness (QED) is 0.601. The van der Waals surface area contributed by atoms with Gasteiger partial charge >= 0.3 is 0 Å². The molecule has 0 unspecified atom stereocenters. The van der Waals surface area contributed by atoms with Gasteiger partial charge in [0, 0.05) is 39.4 Å². The Morgan fingerprint density at radius 1 is 1.04 bits per heavy atom. The largest absolute Gasteiger partial charge is 0.369 e. The van der Waals surface area contributed by atoms with Crippen molar-refractivity contribution >= 4 is 27.7 Å². The summed E-state index contributed by atoms with van der Waals surface area (Å²) in [7, 11) is -0.476. The lowest BCUT2D eigenvalue weighted by Gasteiger charge is -2.13. The van der Waals surface area contributed by atoms with Crippen LogP contribution in [0.5, 0.6) is 0 Å². The van der Waals surface area contributed by atoms with E-state index in [1.165, 1.54) is 20.4 Å². The van der Waals surface area contributed by atoms with Crippen molar-refractivity contribution in [2.45, 2.75) is 6.92 Å². The number of pyridine rings is 1. The van der Waals surface area contributed by atoms with Crippen molar-refractivity contribution in [1.29, 1.82) is 0 Å². The van der Waals surface area contributed by atoms with E-state index in [-0.39, 0.29) is 6.54 Å². The van der Waals surface area contributed by atoms with Gasteiger partial charge in [-0.05, 0) is 24.6 Å². The number of rotatable bonds is 8. The maximum atomic E-state index is 11.6. The van der Waals surface area contributed by atoms with Gasteiger partial charge in [0.15, 0.2) is 0 Å². The highest BCUT2D eigenvalue weighted by Crippen LogP contribution is 2.14. The summed E-state index contributed by atoms with van der Waals surface area (Å²) in [4.78, 5) is 12.4. The second kappa shape index (κ2) is 7.99. The molecule has 0 saturated carbocycles. The molecule has 0 aliphatic heterocycles. The van der Waals surface area contributed by atoms with Gasteiger partial charge < -0.3 is 10.6 Å². The summed E-state index contributed by atoms with van der Waals surface area (Å²) in [5.74, 6) is 1.88. The average molecular weight is 351 g/mol. The molecular weight excluding hydrogens is 330 g/mol. The fourth-order valence-electron chi connectivity index (χ4n) is 1.76. The molecule has 2 rings (SSSR count). The van der Waals surface area contributed by atoms with Crippen LogP contribution in [-0.4, -0.2) is 54.9 Å². The van der Waals surface area contributed by atoms with Crippen LogP contribution in [0.1, 0.15) is 5.56 Å². The fraction of sp³-hybridized carbons (Fsp3) is 0.357. The van der Waals surface area contributed by atoms with Gasteiger partial charge in [-0.2, -0.15) is 12.7 Å². The molecule has 0 aliphatic carbocycles. The zero-order valence-electron chi connectivity index (χ0n) is 13.8. The lowest BCUT2D eigenvalue weighted by atomic mass is 10.3. The second-order valence-electron chi connectivity index (χ2n) is 5.24. The van der Waals surface area contributed by atoms with Crippen molar-refractivity contribution in [3.05, 3.63) is 36.3 Å². The molecule has 0 amide bonds. The third-order valence-electron chi connectivity index (χ3n) is 3.03. The third-order valence-corrected chi connectivity index (χ3v) is 4.57. The minimum Gasteiger partial charge on any atom is -0.369 e. The SMILES string of the molecule is Cc1ccnc(Nc2cc(NCCNS(=O)(=O)N(C)C)ncn2)c1. The summed E-state index contributed by atoms with van der Waals surface area (Å²) in [5, 5.41) is 6.13. The van der Waals surface area contributed by atoms with Gasteiger partial charge in [-0.15, -0.1) is 0 Å². The molecule has 0 fully saturated rings. The van der Waals surface area contributed by atoms with Crippen LogP contribution in [0.15, 0.2) is 30.7 Å². The predicted octanol–water partition coefficient (Wildman–Crippen LogP) is 0.732. The van der Waals surface area contributed by atoms with E-state index in [2.05, 4.69) is 30.3 Å². The number of aryl methyl sites for hydroxylation is 1. The average Bonchev–Trinajstić information content (AvgIpc) is 2.52. The summed E-state index contributed by atoms with van der Waals surface area (Å²) >= 11 is 0. The molecule has 0 atom stereocenters. The van der Waals surface area contributed by atoms with Gasteiger partial charge in [-0.1, -0.05) is 0 Å². The predicted molar refractivity (Wildman–Crippen MR) is 93.4 cm³/mol. The first-order valence-electron chi connectivity index (χ1n) is 7.29. The molecule has 130 valence electrons. The first-order chi connectivity index (χ1) is 11.4. The van der Waals surface area contributed by atoms with Crippen LogP contribution in [0.3, 0.4) is 0 Å². The number of anilines is 3. The molecule has 2 heterocycles. The van der Waals surface area contributed by atoms with Crippen LogP contribution >= 0.6 is 0 Å². The van der Waals surface area contributed by atoms with Gasteiger partial charge in [0.05, 0.1) is 0 Å². The van der Waals surface area contributed by atoms with E-state index < -0.39 is 10.2 Å². The monoisotopic (exact) mass is 351 g/mol. The Morgan fingerprint density at radius 2 is 1.75 bits per heavy atom. The fourth-order valence-corrected chi connectivity index (χ4v) is 2.38. The number of hydrogen-bond acceptors (Lipinski definition) is 7. The van der Waals surface area contributed by atoms with Crippen LogP contribution < -0.4 is 15.4 Å². The zero-order valence-corrected chi connectivity index (χ0v) is 14.6. The first kappa shape index (κ1) is 18.0. The van der Waals surface area contributed by atoms with Gasteiger partial charge in [0.1, 0.15) is 23.8 Å². The van der Waals surface area contributed by atoms with E-state index in [0.29, 0.717) is 24.0 Å². The third kappa shape index (κ3) is 5.41. The highest BCUT2D eigenvalue weighted by Gasteiger charge is 2.11. The molecule has 9 nitrogen and oxygen atoms in total. The van der Waals surface area contributed by atoms with Crippen LogP contribution in [-0.2, 0) is 10.2 Å². The van der Waals surface area contributed by atoms with E-state index in [9.17, 15) is 8.42 Å². The molecule has 0 aliphatic rings. The van der Waals surface area contributed by atoms with E-state index in [1.807, 2.05) is 19.1 Å². The molecule has 2 aromatic heterocycles. The Hall–Kier alpha value is -2.30. The molecule has 0 radical (unpaired) electrons. The maximum absolute atomic E-state index is 11.6. The molecular formula is C14H21N7O2S. The van der Waals surface area contributed by atoms with Gasteiger partial charge in [-0.25, -0.2) is 19.7 Å². The molecule has 0 spiro atoms. The molecule has 0 aromatic carbocycles. The molecule has 0 saturated heterocycles. The molecule has 10 heteroatoms. The Balaban J connectivity index is 1.89. The van der Waals surface area contributed by atoms with Crippen molar-refractivity contribution in [1.82, 2.24) is 24.0 Å². The van der Waals surface area contributed by atoms with Gasteiger partial charge in [-0.3, -0.25) is 0 Å². The lowest BCUT2D eigenvalue weighted by Crippen LogP contribution is -2.38. The van der Waals surface area contributed by atoms with Crippen molar-refractivity contribution in [2.24, 2.45) is 0 Å². The highest BCUT2D eigenvalue weighted by atomic mass is 32.2. The van der Waals surface area contributed by atoms with Crippen molar-refractivity contribution in [3.63, 3.8) is 0 Å². The minimum absolute atomic E-state index is 0.243. The van der Waals surface area contributed by atoms with Gasteiger partial charge in [0.25, 0.3) is 10.2 Å². The zero-order chi connectivity index (χ0) is 17.6. The molecule has 2 aromatic rings. The minimum atomic E-state index is -3.42. The van der Waals surface area contributed by atoms with Crippen molar-refractivity contribution in [2.75, 3.05) is 37.8 Å². The summed E-state index contributed by atoms with van der Waals surface area (Å²) < 4.78 is 26.7. The van der Waals surface area contributed by atoms with Gasteiger partial charge in [0.2, 0.25) is 0 Å². The number of nitrogens with one attached hydrogen (secondary N) is 3. The molecule has 0 bridgehead atoms. The first-order valence-corrected chi connectivity index (χ1v) is 8.73. The van der Waals surface area contributed by atoms with Crippen LogP contribution in [0.2, 0.25) is 0 Å². The van der Waals surface area contributed by atoms with E-state index in [4.69, 9.17) is 0 Å². The normalized spacial score (nSPS) is 11.5. The van der Waals surface area contributed by atoms with Crippen LogP contribution in [0.25, 0.3) is 0 Å². The maximum Gasteiger partial charge on any atom is 0.278 e. The molecule has 3 N–H and O–H groups in total. The number of hydrogen-bond donors (Lipinski definition) is 3. The van der Waals surface area contributed by atoms with Crippen LogP contribution in [0.4, 0.5) is 17.5 Å². The second-order valence-corrected chi connectivity index (χ2v) is 7.21. The van der Waals surface area contributed by atoms with E-state index >= 15 is 0 Å². The van der Waals surface area contributed by atoms with Crippen molar-refractivity contribution in [3.8, 4) is 0 Å². The standard InChI is InChI=1S/C14H21N7O2S/c1-11-4-5-15-13(8-11)20-14-9-12(17-10-18-14)16-6-7-19-24(22,23)21(2)3/h4-5,8-10,19H,6-7H2,1-3H3,(H2,15,16,17,18,20). The molecule has 24 heavy (non-hydrogen) atoms. The summed E-state index contributed by atoms with van der Waals surface area (Å²) in [6.45, 7) is 2.62. The Labute approximate surface area is 141 Å². The van der Waals surface area contributed by atoms with Crippen molar-refractivity contribution < 1.29 is 8.42 Å². The van der Waals surface area contributed by atoms with Crippen LogP contribution in [0, 0.1) is 6.92 Å². The topological polar surface area (TPSA) is 112 Å². The number of nitrogens with zero attached hydrogens (tertiary/aromatic N) is 4. The van der Waals surface area contributed by atoms with E-state index in [1.54, 1.807) is 12.3 Å². The Morgan fingerprint density at radius 3 is 2.46 bits per heavy atom. The summed E-state index contributed by atoms with van der Waals surface area (Å²) in [6, 6.07) is 5.54. The van der Waals surface area contributed by atoms with E-state index in [0.717, 1.165) is 9.87 Å². The Bertz CT molecular complexity index is 780. The lowest BCUT2D eigenvalue weighted by molar-refractivity contribution is 0.507. The smallest absolute Gasteiger partial charge is 0.278 e.